The molecule has 8 nitrogen and oxygen atoms in total. The van der Waals surface area contributed by atoms with E-state index in [1.807, 2.05) is 0 Å². The Morgan fingerprint density at radius 2 is 1.52 bits per heavy atom. The van der Waals surface area contributed by atoms with Crippen LogP contribution in [-0.4, -0.2) is 31.7 Å². The number of ether oxygens (including phenoxy) is 1. The van der Waals surface area contributed by atoms with Crippen molar-refractivity contribution in [2.45, 2.75) is 4.90 Å². The fourth-order valence-electron chi connectivity index (χ4n) is 2.27. The summed E-state index contributed by atoms with van der Waals surface area (Å²) in [5.74, 6) is -0.0713. The first kappa shape index (κ1) is 18.3. The number of methoxy groups -OCH3 is 1. The Kier molecular flexibility index (Phi) is 5.32. The first-order chi connectivity index (χ1) is 13.0. The SMILES string of the molecule is COC(=O)c1ccccc1Nc1ccc(NS(=O)(=O)c2ccccc2)nn1. The number of carbonyl (C=O) groups excluding carboxylic acids is 1. The van der Waals surface area contributed by atoms with E-state index < -0.39 is 16.0 Å². The van der Waals surface area contributed by atoms with Gasteiger partial charge in [0.15, 0.2) is 11.6 Å². The summed E-state index contributed by atoms with van der Waals surface area (Å²) in [5.41, 5.74) is 0.840. The van der Waals surface area contributed by atoms with Gasteiger partial charge < -0.3 is 10.1 Å². The van der Waals surface area contributed by atoms with E-state index in [1.165, 1.54) is 25.3 Å². The average molecular weight is 384 g/mol. The van der Waals surface area contributed by atoms with Gasteiger partial charge in [0, 0.05) is 0 Å². The smallest absolute Gasteiger partial charge is 0.339 e. The van der Waals surface area contributed by atoms with Crippen molar-refractivity contribution in [2.75, 3.05) is 17.1 Å². The van der Waals surface area contributed by atoms with Gasteiger partial charge in [-0.15, -0.1) is 10.2 Å². The lowest BCUT2D eigenvalue weighted by atomic mass is 10.2. The van der Waals surface area contributed by atoms with Gasteiger partial charge in [-0.25, -0.2) is 13.2 Å². The molecule has 2 N–H and O–H groups in total. The third-order valence-corrected chi connectivity index (χ3v) is 4.92. The predicted molar refractivity (Wildman–Crippen MR) is 100 cm³/mol. The summed E-state index contributed by atoms with van der Waals surface area (Å²) in [6.07, 6.45) is 0. The molecule has 0 amide bonds. The number of aromatic nitrogens is 2. The van der Waals surface area contributed by atoms with Crippen molar-refractivity contribution in [3.63, 3.8) is 0 Å². The van der Waals surface area contributed by atoms with E-state index in [1.54, 1.807) is 48.5 Å². The highest BCUT2D eigenvalue weighted by atomic mass is 32.2. The summed E-state index contributed by atoms with van der Waals surface area (Å²) in [6.45, 7) is 0. The second-order valence-corrected chi connectivity index (χ2v) is 7.07. The molecule has 3 rings (SSSR count). The third kappa shape index (κ3) is 4.39. The van der Waals surface area contributed by atoms with Gasteiger partial charge >= 0.3 is 5.97 Å². The number of carbonyl (C=O) groups is 1. The fraction of sp³-hybridized carbons (Fsp3) is 0.0556. The van der Waals surface area contributed by atoms with Crippen LogP contribution in [0.15, 0.2) is 71.6 Å². The lowest BCUT2D eigenvalue weighted by Gasteiger charge is -2.10. The Labute approximate surface area is 156 Å². The minimum Gasteiger partial charge on any atom is -0.465 e. The van der Waals surface area contributed by atoms with Gasteiger partial charge in [0.05, 0.1) is 23.3 Å². The molecule has 0 fully saturated rings. The van der Waals surface area contributed by atoms with E-state index in [4.69, 9.17) is 4.74 Å². The van der Waals surface area contributed by atoms with Crippen molar-refractivity contribution in [3.05, 3.63) is 72.3 Å². The monoisotopic (exact) mass is 384 g/mol. The molecule has 0 saturated heterocycles. The quantitative estimate of drug-likeness (QED) is 0.629. The maximum Gasteiger partial charge on any atom is 0.339 e. The Balaban J connectivity index is 1.76. The Hall–Kier alpha value is -3.46. The molecule has 2 aromatic carbocycles. The first-order valence-electron chi connectivity index (χ1n) is 7.85. The van der Waals surface area contributed by atoms with Crippen molar-refractivity contribution < 1.29 is 17.9 Å². The van der Waals surface area contributed by atoms with Gasteiger partial charge in [-0.05, 0) is 36.4 Å². The Morgan fingerprint density at radius 1 is 0.889 bits per heavy atom. The summed E-state index contributed by atoms with van der Waals surface area (Å²) in [6, 6.07) is 17.7. The molecule has 0 unspecified atom stereocenters. The van der Waals surface area contributed by atoms with E-state index in [0.717, 1.165) is 0 Å². The lowest BCUT2D eigenvalue weighted by molar-refractivity contribution is 0.0602. The van der Waals surface area contributed by atoms with Crippen LogP contribution in [0.1, 0.15) is 10.4 Å². The van der Waals surface area contributed by atoms with Crippen molar-refractivity contribution in [3.8, 4) is 0 Å². The first-order valence-corrected chi connectivity index (χ1v) is 9.34. The minimum atomic E-state index is -3.74. The van der Waals surface area contributed by atoms with Gasteiger partial charge in [0.1, 0.15) is 0 Å². The second kappa shape index (κ2) is 7.83. The van der Waals surface area contributed by atoms with Crippen LogP contribution in [0.4, 0.5) is 17.3 Å². The van der Waals surface area contributed by atoms with Crippen molar-refractivity contribution >= 4 is 33.3 Å². The van der Waals surface area contributed by atoms with E-state index in [-0.39, 0.29) is 10.7 Å². The van der Waals surface area contributed by atoms with Crippen LogP contribution in [0.25, 0.3) is 0 Å². The maximum atomic E-state index is 12.3. The molecule has 0 saturated carbocycles. The van der Waals surface area contributed by atoms with Crippen LogP contribution in [0, 0.1) is 0 Å². The van der Waals surface area contributed by atoms with Crippen LogP contribution >= 0.6 is 0 Å². The minimum absolute atomic E-state index is 0.0747. The van der Waals surface area contributed by atoms with E-state index in [2.05, 4.69) is 20.2 Å². The number of esters is 1. The third-order valence-electron chi connectivity index (χ3n) is 3.55. The average Bonchev–Trinajstić information content (AvgIpc) is 2.70. The molecule has 0 aliphatic rings. The molecular formula is C18H16N4O4S. The molecule has 27 heavy (non-hydrogen) atoms. The number of para-hydroxylation sites is 1. The molecule has 0 bridgehead atoms. The zero-order chi connectivity index (χ0) is 19.3. The largest absolute Gasteiger partial charge is 0.465 e. The highest BCUT2D eigenvalue weighted by Gasteiger charge is 2.15. The van der Waals surface area contributed by atoms with Crippen molar-refractivity contribution in [1.29, 1.82) is 0 Å². The molecule has 138 valence electrons. The van der Waals surface area contributed by atoms with Crippen LogP contribution in [-0.2, 0) is 14.8 Å². The van der Waals surface area contributed by atoms with Crippen LogP contribution in [0.2, 0.25) is 0 Å². The molecule has 0 aliphatic carbocycles. The molecule has 0 aliphatic heterocycles. The van der Waals surface area contributed by atoms with Gasteiger partial charge in [-0.1, -0.05) is 30.3 Å². The summed E-state index contributed by atoms with van der Waals surface area (Å²) in [4.78, 5) is 11.9. The van der Waals surface area contributed by atoms with E-state index in [9.17, 15) is 13.2 Å². The number of sulfonamides is 1. The topological polar surface area (TPSA) is 110 Å². The Morgan fingerprint density at radius 3 is 2.19 bits per heavy atom. The summed E-state index contributed by atoms with van der Waals surface area (Å²) >= 11 is 0. The van der Waals surface area contributed by atoms with Gasteiger partial charge in [0.25, 0.3) is 10.0 Å². The maximum absolute atomic E-state index is 12.3. The number of anilines is 3. The number of hydrogen-bond acceptors (Lipinski definition) is 7. The Bertz CT molecular complexity index is 1040. The number of rotatable bonds is 6. The lowest BCUT2D eigenvalue weighted by Crippen LogP contribution is -2.14. The van der Waals surface area contributed by atoms with E-state index in [0.29, 0.717) is 17.1 Å². The molecule has 0 atom stereocenters. The predicted octanol–water partition coefficient (Wildman–Crippen LogP) is 2.81. The second-order valence-electron chi connectivity index (χ2n) is 5.38. The molecule has 1 aromatic heterocycles. The number of nitrogens with one attached hydrogen (secondary N) is 2. The molecule has 0 spiro atoms. The molecular weight excluding hydrogens is 368 g/mol. The summed E-state index contributed by atoms with van der Waals surface area (Å²) in [5, 5.41) is 10.8. The number of hydrogen-bond donors (Lipinski definition) is 2. The summed E-state index contributed by atoms with van der Waals surface area (Å²) in [7, 11) is -2.44. The standard InChI is InChI=1S/C18H16N4O4S/c1-26-18(23)14-9-5-6-10-15(14)19-16-11-12-17(21-20-16)22-27(24,25)13-7-3-2-4-8-13/h2-12H,1H3,(H,19,20)(H,21,22). The van der Waals surface area contributed by atoms with Crippen LogP contribution in [0.3, 0.4) is 0 Å². The van der Waals surface area contributed by atoms with E-state index >= 15 is 0 Å². The van der Waals surface area contributed by atoms with Gasteiger partial charge in [-0.2, -0.15) is 0 Å². The zero-order valence-corrected chi connectivity index (χ0v) is 15.1. The van der Waals surface area contributed by atoms with Crippen molar-refractivity contribution in [2.24, 2.45) is 0 Å². The number of benzene rings is 2. The molecule has 0 radical (unpaired) electrons. The van der Waals surface area contributed by atoms with Crippen molar-refractivity contribution in [1.82, 2.24) is 10.2 Å². The normalized spacial score (nSPS) is 10.9. The van der Waals surface area contributed by atoms with Gasteiger partial charge in [0.2, 0.25) is 0 Å². The summed E-state index contributed by atoms with van der Waals surface area (Å²) < 4.78 is 31.7. The van der Waals surface area contributed by atoms with Crippen LogP contribution < -0.4 is 10.0 Å². The molecule has 3 aromatic rings. The highest BCUT2D eigenvalue weighted by molar-refractivity contribution is 7.92. The molecule has 1 heterocycles. The fourth-order valence-corrected chi connectivity index (χ4v) is 3.29. The van der Waals surface area contributed by atoms with Crippen LogP contribution in [0.5, 0.6) is 0 Å². The van der Waals surface area contributed by atoms with Gasteiger partial charge in [-0.3, -0.25) is 4.72 Å². The molecule has 9 heteroatoms. The zero-order valence-electron chi connectivity index (χ0n) is 14.3. The number of nitrogens with zero attached hydrogens (tertiary/aromatic N) is 2. The highest BCUT2D eigenvalue weighted by Crippen LogP contribution is 2.21.